The summed E-state index contributed by atoms with van der Waals surface area (Å²) in [5, 5.41) is 11.1. The lowest BCUT2D eigenvalue weighted by molar-refractivity contribution is -0.118. The predicted octanol–water partition coefficient (Wildman–Crippen LogP) is 3.48. The molecule has 3 aliphatic rings. The average molecular weight is 344 g/mol. The maximum atomic E-state index is 12.5. The number of hydrogen-bond acceptors (Lipinski definition) is 5. The fourth-order valence-corrected chi connectivity index (χ4v) is 3.15. The first-order valence-electron chi connectivity index (χ1n) is 9.36. The molecule has 2 heterocycles. The zero-order valence-electron chi connectivity index (χ0n) is 15.1. The van der Waals surface area contributed by atoms with Gasteiger partial charge in [0.2, 0.25) is 0 Å². The number of rotatable bonds is 8. The molecule has 0 radical (unpaired) electrons. The van der Waals surface area contributed by atoms with Gasteiger partial charge in [0.25, 0.3) is 0 Å². The lowest BCUT2D eigenvalue weighted by atomic mass is 9.95. The molecule has 2 atom stereocenters. The number of ether oxygens (including phenoxy) is 2. The van der Waals surface area contributed by atoms with Crippen LogP contribution >= 0.6 is 0 Å². The van der Waals surface area contributed by atoms with Crippen LogP contribution < -0.4 is 5.32 Å². The summed E-state index contributed by atoms with van der Waals surface area (Å²) in [5.41, 5.74) is 2.21. The predicted molar refractivity (Wildman–Crippen MR) is 97.2 cm³/mol. The van der Waals surface area contributed by atoms with Gasteiger partial charge in [0, 0.05) is 24.7 Å². The van der Waals surface area contributed by atoms with E-state index < -0.39 is 0 Å². The van der Waals surface area contributed by atoms with Crippen molar-refractivity contribution >= 4 is 12.0 Å². The third-order valence-electron chi connectivity index (χ3n) is 5.13. The number of dihydropyridines is 1. The summed E-state index contributed by atoms with van der Waals surface area (Å²) in [6.07, 6.45) is 10.3. The molecule has 1 aliphatic carbocycles. The number of carbonyl (C=O) groups is 1. The molecular weight excluding hydrogens is 316 g/mol. The zero-order chi connectivity index (χ0) is 17.8. The van der Waals surface area contributed by atoms with E-state index in [0.717, 1.165) is 50.2 Å². The molecule has 2 N–H and O–H groups in total. The van der Waals surface area contributed by atoms with E-state index in [1.807, 2.05) is 26.0 Å². The lowest BCUT2D eigenvalue weighted by Crippen LogP contribution is -2.26. The Morgan fingerprint density at radius 1 is 1.44 bits per heavy atom. The summed E-state index contributed by atoms with van der Waals surface area (Å²) in [7, 11) is 0. The second kappa shape index (κ2) is 8.00. The van der Waals surface area contributed by atoms with Gasteiger partial charge in [-0.3, -0.25) is 4.79 Å². The molecule has 0 aromatic rings. The minimum absolute atomic E-state index is 0.0171. The molecule has 0 aromatic carbocycles. The molecule has 3 rings (SSSR count). The van der Waals surface area contributed by atoms with E-state index in [1.54, 1.807) is 0 Å². The fourth-order valence-electron chi connectivity index (χ4n) is 3.15. The molecule has 0 bridgehead atoms. The molecule has 5 heteroatoms. The molecule has 1 saturated carbocycles. The molecule has 5 nitrogen and oxygen atoms in total. The fraction of sp³-hybridized carbons (Fsp3) is 0.600. The Morgan fingerprint density at radius 2 is 2.24 bits per heavy atom. The van der Waals surface area contributed by atoms with E-state index in [9.17, 15) is 4.79 Å². The van der Waals surface area contributed by atoms with Crippen LogP contribution in [-0.4, -0.2) is 31.3 Å². The van der Waals surface area contributed by atoms with Crippen LogP contribution in [0.25, 0.3) is 0 Å². The Labute approximate surface area is 149 Å². The summed E-state index contributed by atoms with van der Waals surface area (Å²) in [6.45, 7) is 5.29. The number of hydrogen-bond donors (Lipinski definition) is 2. The van der Waals surface area contributed by atoms with E-state index in [4.69, 9.17) is 14.9 Å². The van der Waals surface area contributed by atoms with Crippen LogP contribution in [0.4, 0.5) is 0 Å². The third-order valence-corrected chi connectivity index (χ3v) is 5.13. The van der Waals surface area contributed by atoms with Crippen molar-refractivity contribution in [2.75, 3.05) is 13.2 Å². The van der Waals surface area contributed by atoms with Crippen molar-refractivity contribution in [3.63, 3.8) is 0 Å². The number of ketones is 1. The van der Waals surface area contributed by atoms with Crippen LogP contribution in [0.2, 0.25) is 0 Å². The van der Waals surface area contributed by atoms with Gasteiger partial charge in [0.1, 0.15) is 12.4 Å². The summed E-state index contributed by atoms with van der Waals surface area (Å²) < 4.78 is 11.6. The van der Waals surface area contributed by atoms with E-state index in [2.05, 4.69) is 5.32 Å². The number of carbonyl (C=O) groups excluding carboxylic acids is 1. The van der Waals surface area contributed by atoms with Crippen molar-refractivity contribution in [2.24, 2.45) is 11.8 Å². The molecule has 0 spiro atoms. The van der Waals surface area contributed by atoms with Gasteiger partial charge in [-0.2, -0.15) is 0 Å². The van der Waals surface area contributed by atoms with E-state index in [-0.39, 0.29) is 17.8 Å². The van der Waals surface area contributed by atoms with Gasteiger partial charge in [-0.25, -0.2) is 0 Å². The van der Waals surface area contributed by atoms with Crippen molar-refractivity contribution in [3.8, 4) is 0 Å². The Kier molecular flexibility index (Phi) is 5.74. The summed E-state index contributed by atoms with van der Waals surface area (Å²) in [5.74, 6) is 1.25. The Morgan fingerprint density at radius 3 is 2.84 bits per heavy atom. The summed E-state index contributed by atoms with van der Waals surface area (Å²) in [6, 6.07) is 0. The minimum Gasteiger partial charge on any atom is -0.489 e. The monoisotopic (exact) mass is 344 g/mol. The first-order chi connectivity index (χ1) is 12.1. The molecule has 2 aliphatic heterocycles. The highest BCUT2D eigenvalue weighted by Crippen LogP contribution is 2.39. The van der Waals surface area contributed by atoms with Crippen LogP contribution in [0.15, 0.2) is 34.9 Å². The Balaban J connectivity index is 1.76. The van der Waals surface area contributed by atoms with Crippen LogP contribution in [0.3, 0.4) is 0 Å². The third kappa shape index (κ3) is 4.21. The van der Waals surface area contributed by atoms with E-state index >= 15 is 0 Å². The standard InChI is InChI=1S/C20H28N2O3/c1-3-13(2)20(23)16(11-21)17-8-9-18(19(22-17)14-6-7-14)25-12-15-5-4-10-24-15/h8-9,11,13-15,21-22H,3-7,10,12H2,1-2H3/b17-16+,21-11?. The number of Topliss-reactive ketones (excluding diaryl/α,β-unsaturated/α-hetero) is 1. The van der Waals surface area contributed by atoms with Crippen LogP contribution in [-0.2, 0) is 14.3 Å². The minimum atomic E-state index is -0.0789. The number of allylic oxidation sites excluding steroid dienone is 4. The second-order valence-electron chi connectivity index (χ2n) is 7.10. The van der Waals surface area contributed by atoms with Gasteiger partial charge in [0.15, 0.2) is 5.78 Å². The quantitative estimate of drug-likeness (QED) is 0.522. The highest BCUT2D eigenvalue weighted by atomic mass is 16.5. The Hall–Kier alpha value is -1.88. The molecular formula is C20H28N2O3. The molecule has 25 heavy (non-hydrogen) atoms. The summed E-state index contributed by atoms with van der Waals surface area (Å²) >= 11 is 0. The second-order valence-corrected chi connectivity index (χ2v) is 7.10. The molecule has 0 aromatic heterocycles. The first-order valence-corrected chi connectivity index (χ1v) is 9.36. The molecule has 2 fully saturated rings. The van der Waals surface area contributed by atoms with Gasteiger partial charge >= 0.3 is 0 Å². The normalized spacial score (nSPS) is 26.2. The highest BCUT2D eigenvalue weighted by molar-refractivity contribution is 6.14. The van der Waals surface area contributed by atoms with Gasteiger partial charge in [0.05, 0.1) is 23.1 Å². The topological polar surface area (TPSA) is 71.4 Å². The SMILES string of the molecule is CCC(C)C(=O)/C(C=N)=C1\C=CC(OCC2CCCO2)=C(C2CC2)N1. The Bertz CT molecular complexity index is 623. The molecule has 1 saturated heterocycles. The maximum Gasteiger partial charge on any atom is 0.169 e. The van der Waals surface area contributed by atoms with Crippen LogP contribution in [0, 0.1) is 17.2 Å². The van der Waals surface area contributed by atoms with Gasteiger partial charge < -0.3 is 20.2 Å². The van der Waals surface area contributed by atoms with Crippen LogP contribution in [0.5, 0.6) is 0 Å². The van der Waals surface area contributed by atoms with Crippen molar-refractivity contribution in [1.82, 2.24) is 5.32 Å². The summed E-state index contributed by atoms with van der Waals surface area (Å²) in [4.78, 5) is 12.5. The smallest absolute Gasteiger partial charge is 0.169 e. The zero-order valence-corrected chi connectivity index (χ0v) is 15.1. The van der Waals surface area contributed by atoms with Crippen molar-refractivity contribution in [3.05, 3.63) is 34.9 Å². The van der Waals surface area contributed by atoms with Crippen molar-refractivity contribution in [1.29, 1.82) is 5.41 Å². The molecule has 0 amide bonds. The van der Waals surface area contributed by atoms with Gasteiger partial charge in [-0.1, -0.05) is 13.8 Å². The molecule has 136 valence electrons. The van der Waals surface area contributed by atoms with E-state index in [0.29, 0.717) is 23.8 Å². The number of nitrogens with one attached hydrogen (secondary N) is 2. The van der Waals surface area contributed by atoms with Gasteiger partial charge in [-0.15, -0.1) is 0 Å². The van der Waals surface area contributed by atoms with Crippen LogP contribution in [0.1, 0.15) is 46.0 Å². The van der Waals surface area contributed by atoms with E-state index in [1.165, 1.54) is 6.21 Å². The van der Waals surface area contributed by atoms with Crippen molar-refractivity contribution in [2.45, 2.75) is 52.1 Å². The van der Waals surface area contributed by atoms with Gasteiger partial charge in [-0.05, 0) is 44.3 Å². The van der Waals surface area contributed by atoms with Crippen molar-refractivity contribution < 1.29 is 14.3 Å². The maximum absolute atomic E-state index is 12.5. The average Bonchev–Trinajstić information content (AvgIpc) is 3.35. The largest absolute Gasteiger partial charge is 0.489 e. The molecule has 2 unspecified atom stereocenters. The first kappa shape index (κ1) is 17.9. The highest BCUT2D eigenvalue weighted by Gasteiger charge is 2.32. The lowest BCUT2D eigenvalue weighted by Gasteiger charge is -2.23.